The summed E-state index contributed by atoms with van der Waals surface area (Å²) >= 11 is 6.50. The van der Waals surface area contributed by atoms with Crippen molar-refractivity contribution >= 4 is 46.4 Å². The Balaban J connectivity index is 1.30. The lowest BCUT2D eigenvalue weighted by atomic mass is 10.0. The summed E-state index contributed by atoms with van der Waals surface area (Å²) < 4.78 is 23.0. The maximum absolute atomic E-state index is 14.4. The molecule has 49 heavy (non-hydrogen) atoms. The van der Waals surface area contributed by atoms with Gasteiger partial charge in [-0.2, -0.15) is 0 Å². The third-order valence-corrected chi connectivity index (χ3v) is 10.3. The second-order valence-electron chi connectivity index (χ2n) is 13.3. The summed E-state index contributed by atoms with van der Waals surface area (Å²) in [5.41, 5.74) is -0.701. The number of pyridine rings is 1. The zero-order valence-electron chi connectivity index (χ0n) is 28.1. The SMILES string of the molecule is CCOc1cc(O[C@@H]2C[C@H]3C(=O)N[C@]4(C(=O)OC)C[C@H]4C=CCCCCC[C@H](NC(=O)OC4CCCC4)C(=O)N3C2)c2cccc(Cl)c2n1. The molecule has 0 radical (unpaired) electrons. The summed E-state index contributed by atoms with van der Waals surface area (Å²) in [4.78, 5) is 60.6. The zero-order valence-corrected chi connectivity index (χ0v) is 28.8. The fourth-order valence-electron chi connectivity index (χ4n) is 7.31. The third kappa shape index (κ3) is 7.74. The van der Waals surface area contributed by atoms with Crippen LogP contribution in [0.4, 0.5) is 4.79 Å². The Kier molecular flexibility index (Phi) is 10.8. The lowest BCUT2D eigenvalue weighted by Crippen LogP contribution is -2.56. The molecule has 2 aromatic rings. The normalized spacial score (nSPS) is 27.7. The number of carbonyl (C=O) groups is 4. The van der Waals surface area contributed by atoms with Crippen molar-refractivity contribution in [2.24, 2.45) is 5.92 Å². The molecule has 264 valence electrons. The molecule has 2 aliphatic carbocycles. The summed E-state index contributed by atoms with van der Waals surface area (Å²) in [7, 11) is 1.30. The number of aromatic nitrogens is 1. The zero-order chi connectivity index (χ0) is 34.5. The van der Waals surface area contributed by atoms with E-state index in [1.54, 1.807) is 18.2 Å². The van der Waals surface area contributed by atoms with Gasteiger partial charge in [0, 0.05) is 23.8 Å². The topological polar surface area (TPSA) is 145 Å². The molecule has 13 heteroatoms. The number of allylic oxidation sites excluding steroid dienone is 1. The Morgan fingerprint density at radius 1 is 1.10 bits per heavy atom. The van der Waals surface area contributed by atoms with Gasteiger partial charge in [-0.1, -0.05) is 42.7 Å². The second kappa shape index (κ2) is 15.2. The predicted molar refractivity (Wildman–Crippen MR) is 181 cm³/mol. The number of alkyl carbamates (subject to hydrolysis) is 1. The van der Waals surface area contributed by atoms with Crippen LogP contribution in [0.15, 0.2) is 36.4 Å². The molecular formula is C36H45ClN4O8. The molecule has 3 fully saturated rings. The molecule has 12 nitrogen and oxygen atoms in total. The van der Waals surface area contributed by atoms with E-state index in [2.05, 4.69) is 15.6 Å². The molecule has 3 heterocycles. The number of hydrogen-bond donors (Lipinski definition) is 2. The summed E-state index contributed by atoms with van der Waals surface area (Å²) in [6.45, 7) is 2.29. The highest BCUT2D eigenvalue weighted by atomic mass is 35.5. The minimum Gasteiger partial charge on any atom is -0.488 e. The van der Waals surface area contributed by atoms with E-state index in [0.29, 0.717) is 53.4 Å². The monoisotopic (exact) mass is 696 g/mol. The van der Waals surface area contributed by atoms with Crippen molar-refractivity contribution in [1.29, 1.82) is 0 Å². The summed E-state index contributed by atoms with van der Waals surface area (Å²) in [5, 5.41) is 6.87. The van der Waals surface area contributed by atoms with E-state index in [1.807, 2.05) is 25.1 Å². The number of methoxy groups -OCH3 is 1. The number of benzene rings is 1. The molecule has 3 amide bonds. The Labute approximate surface area is 291 Å². The molecule has 5 atom stereocenters. The van der Waals surface area contributed by atoms with Crippen LogP contribution in [0.25, 0.3) is 10.9 Å². The molecule has 1 saturated heterocycles. The number of fused-ring (bicyclic) bond motifs is 3. The number of halogens is 1. The van der Waals surface area contributed by atoms with Crippen molar-refractivity contribution in [3.63, 3.8) is 0 Å². The molecule has 1 aromatic carbocycles. The highest BCUT2D eigenvalue weighted by molar-refractivity contribution is 6.35. The van der Waals surface area contributed by atoms with Crippen LogP contribution in [-0.2, 0) is 23.9 Å². The average Bonchev–Trinajstić information content (AvgIpc) is 3.37. The number of hydrogen-bond acceptors (Lipinski definition) is 9. The minimum absolute atomic E-state index is 0.0652. The lowest BCUT2D eigenvalue weighted by molar-refractivity contribution is -0.148. The van der Waals surface area contributed by atoms with Crippen LogP contribution in [0.5, 0.6) is 11.6 Å². The maximum Gasteiger partial charge on any atom is 0.408 e. The summed E-state index contributed by atoms with van der Waals surface area (Å²) in [5.74, 6) is -0.847. The van der Waals surface area contributed by atoms with Crippen LogP contribution in [0.1, 0.15) is 77.6 Å². The van der Waals surface area contributed by atoms with Gasteiger partial charge in [0.25, 0.3) is 0 Å². The van der Waals surface area contributed by atoms with Crippen LogP contribution in [0.2, 0.25) is 5.02 Å². The van der Waals surface area contributed by atoms with Crippen LogP contribution >= 0.6 is 11.6 Å². The molecule has 1 aromatic heterocycles. The number of amides is 3. The van der Waals surface area contributed by atoms with Gasteiger partial charge in [-0.25, -0.2) is 14.6 Å². The number of nitrogens with one attached hydrogen (secondary N) is 2. The molecule has 4 aliphatic rings. The van der Waals surface area contributed by atoms with E-state index in [1.165, 1.54) is 12.0 Å². The molecule has 2 aliphatic heterocycles. The fourth-order valence-corrected chi connectivity index (χ4v) is 7.53. The highest BCUT2D eigenvalue weighted by Gasteiger charge is 2.62. The summed E-state index contributed by atoms with van der Waals surface area (Å²) in [6, 6.07) is 5.15. The quantitative estimate of drug-likeness (QED) is 0.293. The van der Waals surface area contributed by atoms with Crippen LogP contribution in [0, 0.1) is 5.92 Å². The number of para-hydroxylation sites is 1. The van der Waals surface area contributed by atoms with Gasteiger partial charge in [0.2, 0.25) is 17.7 Å². The minimum atomic E-state index is -1.21. The van der Waals surface area contributed by atoms with E-state index in [9.17, 15) is 19.2 Å². The molecule has 2 N–H and O–H groups in total. The van der Waals surface area contributed by atoms with Crippen LogP contribution in [-0.4, -0.2) is 83.9 Å². The van der Waals surface area contributed by atoms with E-state index in [-0.39, 0.29) is 25.0 Å². The Morgan fingerprint density at radius 3 is 2.67 bits per heavy atom. The highest BCUT2D eigenvalue weighted by Crippen LogP contribution is 2.46. The number of esters is 1. The predicted octanol–water partition coefficient (Wildman–Crippen LogP) is 5.24. The van der Waals surface area contributed by atoms with Crippen molar-refractivity contribution in [2.75, 3.05) is 20.3 Å². The van der Waals surface area contributed by atoms with Gasteiger partial charge in [-0.3, -0.25) is 9.59 Å². The first-order valence-electron chi connectivity index (χ1n) is 17.5. The molecule has 0 spiro atoms. The molecule has 0 bridgehead atoms. The Morgan fingerprint density at radius 2 is 1.90 bits per heavy atom. The smallest absolute Gasteiger partial charge is 0.408 e. The van der Waals surface area contributed by atoms with Crippen molar-refractivity contribution in [2.45, 2.75) is 107 Å². The first kappa shape index (κ1) is 34.8. The van der Waals surface area contributed by atoms with Crippen LogP contribution < -0.4 is 20.1 Å². The van der Waals surface area contributed by atoms with Gasteiger partial charge in [0.15, 0.2) is 0 Å². The standard InChI is InChI=1S/C36H45ClN4O8/c1-3-47-30-19-29(25-15-11-16-26(37)31(25)39-30)48-24-18-28-32(42)40-36(34(44)46-2)20-22(36)12-7-5-4-6-8-17-27(33(43)41(28)21-24)38-35(45)49-23-13-9-10-14-23/h7,11-12,15-16,19,22-24,27-28H,3-6,8-10,13-14,17-18,20-21H2,1-2H3,(H,38,45)(H,40,42)/t22-,24-,27+,28+,36-/m1/s1. The Bertz CT molecular complexity index is 1600. The van der Waals surface area contributed by atoms with Gasteiger partial charge in [0.05, 0.1) is 30.8 Å². The van der Waals surface area contributed by atoms with Crippen molar-refractivity contribution in [3.8, 4) is 11.6 Å². The van der Waals surface area contributed by atoms with Gasteiger partial charge < -0.3 is 34.5 Å². The molecule has 2 saturated carbocycles. The van der Waals surface area contributed by atoms with Gasteiger partial charge in [-0.05, 0) is 70.4 Å². The number of ether oxygens (including phenoxy) is 4. The first-order chi connectivity index (χ1) is 23.7. The van der Waals surface area contributed by atoms with Crippen molar-refractivity contribution < 1.29 is 38.1 Å². The van der Waals surface area contributed by atoms with Crippen molar-refractivity contribution in [3.05, 3.63) is 41.4 Å². The van der Waals surface area contributed by atoms with Gasteiger partial charge in [0.1, 0.15) is 35.6 Å². The second-order valence-corrected chi connectivity index (χ2v) is 13.8. The number of carbonyl (C=O) groups excluding carboxylic acids is 4. The van der Waals surface area contributed by atoms with Gasteiger partial charge in [-0.15, -0.1) is 0 Å². The molecule has 6 rings (SSSR count). The molecule has 0 unspecified atom stereocenters. The van der Waals surface area contributed by atoms with E-state index in [0.717, 1.165) is 44.9 Å². The Hall–Kier alpha value is -4.06. The fraction of sp³-hybridized carbons (Fsp3) is 0.583. The van der Waals surface area contributed by atoms with Gasteiger partial charge >= 0.3 is 12.1 Å². The number of rotatable bonds is 7. The van der Waals surface area contributed by atoms with Crippen molar-refractivity contribution in [1.82, 2.24) is 20.5 Å². The van der Waals surface area contributed by atoms with E-state index in [4.69, 9.17) is 30.5 Å². The average molecular weight is 697 g/mol. The lowest BCUT2D eigenvalue weighted by Gasteiger charge is -2.29. The maximum atomic E-state index is 14.4. The third-order valence-electron chi connectivity index (χ3n) is 9.97. The summed E-state index contributed by atoms with van der Waals surface area (Å²) in [6.07, 6.45) is 10.3. The largest absolute Gasteiger partial charge is 0.488 e. The van der Waals surface area contributed by atoms with E-state index >= 15 is 0 Å². The number of nitrogens with zero attached hydrogens (tertiary/aromatic N) is 2. The first-order valence-corrected chi connectivity index (χ1v) is 17.8. The van der Waals surface area contributed by atoms with E-state index < -0.39 is 47.6 Å². The molecular weight excluding hydrogens is 652 g/mol. The van der Waals surface area contributed by atoms with Crippen LogP contribution in [0.3, 0.4) is 0 Å².